The van der Waals surface area contributed by atoms with Crippen LogP contribution in [0.3, 0.4) is 0 Å². The van der Waals surface area contributed by atoms with E-state index in [1.165, 1.54) is 17.2 Å². The summed E-state index contributed by atoms with van der Waals surface area (Å²) in [5.74, 6) is 6.44. The molecule has 0 aliphatic heterocycles. The third-order valence-corrected chi connectivity index (χ3v) is 5.32. The van der Waals surface area contributed by atoms with E-state index >= 15 is 0 Å². The molecule has 0 bridgehead atoms. The van der Waals surface area contributed by atoms with E-state index < -0.39 is 0 Å². The minimum Gasteiger partial charge on any atom is -0.206 e. The molecule has 146 valence electrons. The van der Waals surface area contributed by atoms with Crippen LogP contribution in [0.1, 0.15) is 54.0 Å². The van der Waals surface area contributed by atoms with Gasteiger partial charge in [-0.2, -0.15) is 0 Å². The number of hydrogen-bond acceptors (Lipinski definition) is 0. The zero-order valence-electron chi connectivity index (χ0n) is 17.4. The SMILES string of the molecule is C=CCc1cc(C)cc(F)c1C#Cc1ccc(-c2ccc(C(C)CC)cc2)cc1. The lowest BCUT2D eigenvalue weighted by atomic mass is 9.95. The molecule has 1 atom stereocenters. The molecule has 0 heterocycles. The van der Waals surface area contributed by atoms with Gasteiger partial charge in [-0.05, 0) is 71.7 Å². The molecule has 3 aromatic rings. The summed E-state index contributed by atoms with van der Waals surface area (Å²) < 4.78 is 14.4. The Bertz CT molecular complexity index is 1040. The van der Waals surface area contributed by atoms with Gasteiger partial charge in [0.15, 0.2) is 0 Å². The Balaban J connectivity index is 1.83. The number of allylic oxidation sites excluding steroid dienone is 1. The molecule has 1 unspecified atom stereocenters. The molecular formula is C28H27F. The third-order valence-electron chi connectivity index (χ3n) is 5.32. The normalized spacial score (nSPS) is 11.4. The van der Waals surface area contributed by atoms with Crippen molar-refractivity contribution in [2.75, 3.05) is 0 Å². The first-order valence-corrected chi connectivity index (χ1v) is 10.1. The van der Waals surface area contributed by atoms with Crippen LogP contribution in [0.4, 0.5) is 4.39 Å². The highest BCUT2D eigenvalue weighted by molar-refractivity contribution is 5.65. The molecule has 0 aliphatic carbocycles. The second-order valence-electron chi connectivity index (χ2n) is 7.53. The summed E-state index contributed by atoms with van der Waals surface area (Å²) in [4.78, 5) is 0. The lowest BCUT2D eigenvalue weighted by Crippen LogP contribution is -1.95. The molecule has 3 aromatic carbocycles. The monoisotopic (exact) mass is 382 g/mol. The molecule has 3 rings (SSSR count). The molecule has 0 saturated carbocycles. The van der Waals surface area contributed by atoms with Crippen LogP contribution >= 0.6 is 0 Å². The highest BCUT2D eigenvalue weighted by Crippen LogP contribution is 2.24. The number of aryl methyl sites for hydroxylation is 1. The van der Waals surface area contributed by atoms with Gasteiger partial charge in [-0.15, -0.1) is 6.58 Å². The summed E-state index contributed by atoms with van der Waals surface area (Å²) in [5.41, 5.74) is 6.81. The van der Waals surface area contributed by atoms with Crippen molar-refractivity contribution in [2.24, 2.45) is 0 Å². The van der Waals surface area contributed by atoms with Crippen molar-refractivity contribution in [3.05, 3.63) is 107 Å². The van der Waals surface area contributed by atoms with Crippen LogP contribution in [-0.4, -0.2) is 0 Å². The van der Waals surface area contributed by atoms with Crippen molar-refractivity contribution >= 4 is 0 Å². The first kappa shape index (κ1) is 20.6. The highest BCUT2D eigenvalue weighted by atomic mass is 19.1. The van der Waals surface area contributed by atoms with Gasteiger partial charge in [0.05, 0.1) is 5.56 Å². The van der Waals surface area contributed by atoms with Crippen LogP contribution in [-0.2, 0) is 6.42 Å². The standard InChI is InChI=1S/C28H27F/c1-5-7-26-18-20(3)19-28(29)27(26)17-10-22-8-11-24(12-9-22)25-15-13-23(14-16-25)21(4)6-2/h5,8-9,11-16,18-19,21H,1,6-7H2,2-4H3. The average molecular weight is 383 g/mol. The van der Waals surface area contributed by atoms with E-state index in [1.807, 2.05) is 25.1 Å². The van der Waals surface area contributed by atoms with Crippen molar-refractivity contribution in [3.8, 4) is 23.0 Å². The maximum Gasteiger partial charge on any atom is 0.139 e. The quantitative estimate of drug-likeness (QED) is 0.318. The Kier molecular flexibility index (Phi) is 6.68. The maximum absolute atomic E-state index is 14.4. The van der Waals surface area contributed by atoms with Crippen molar-refractivity contribution < 1.29 is 4.39 Å². The smallest absolute Gasteiger partial charge is 0.139 e. The van der Waals surface area contributed by atoms with Crippen LogP contribution in [0.2, 0.25) is 0 Å². The summed E-state index contributed by atoms with van der Waals surface area (Å²) in [6.45, 7) is 10.1. The van der Waals surface area contributed by atoms with Crippen LogP contribution in [0, 0.1) is 24.6 Å². The Morgan fingerprint density at radius 1 is 0.966 bits per heavy atom. The number of hydrogen-bond donors (Lipinski definition) is 0. The molecule has 0 fully saturated rings. The first-order valence-electron chi connectivity index (χ1n) is 10.1. The van der Waals surface area contributed by atoms with E-state index in [2.05, 4.69) is 68.7 Å². The van der Waals surface area contributed by atoms with E-state index in [9.17, 15) is 4.39 Å². The fraction of sp³-hybridized carbons (Fsp3) is 0.214. The van der Waals surface area contributed by atoms with Crippen LogP contribution in [0.5, 0.6) is 0 Å². The summed E-state index contributed by atoms with van der Waals surface area (Å²) in [6, 6.07) is 20.4. The summed E-state index contributed by atoms with van der Waals surface area (Å²) in [5, 5.41) is 0. The molecule has 0 spiro atoms. The summed E-state index contributed by atoms with van der Waals surface area (Å²) >= 11 is 0. The van der Waals surface area contributed by atoms with Gasteiger partial charge in [-0.25, -0.2) is 4.39 Å². The second kappa shape index (κ2) is 9.39. The van der Waals surface area contributed by atoms with E-state index in [0.29, 0.717) is 17.9 Å². The van der Waals surface area contributed by atoms with E-state index in [4.69, 9.17) is 0 Å². The second-order valence-corrected chi connectivity index (χ2v) is 7.53. The van der Waals surface area contributed by atoms with Gasteiger partial charge in [-0.1, -0.05) is 74.2 Å². The Morgan fingerprint density at radius 3 is 2.17 bits per heavy atom. The zero-order chi connectivity index (χ0) is 20.8. The topological polar surface area (TPSA) is 0 Å². The third kappa shape index (κ3) is 5.04. The molecule has 0 nitrogen and oxygen atoms in total. The Morgan fingerprint density at radius 2 is 1.59 bits per heavy atom. The van der Waals surface area contributed by atoms with Crippen LogP contribution in [0.25, 0.3) is 11.1 Å². The van der Waals surface area contributed by atoms with Crippen molar-refractivity contribution in [1.29, 1.82) is 0 Å². The predicted octanol–water partition coefficient (Wildman–Crippen LogP) is 7.44. The lowest BCUT2D eigenvalue weighted by molar-refractivity contribution is 0.621. The molecule has 0 N–H and O–H groups in total. The first-order chi connectivity index (χ1) is 14.0. The van der Waals surface area contributed by atoms with Gasteiger partial charge in [-0.3, -0.25) is 0 Å². The van der Waals surface area contributed by atoms with Crippen molar-refractivity contribution in [3.63, 3.8) is 0 Å². The Hall–Kier alpha value is -3.11. The molecule has 0 amide bonds. The maximum atomic E-state index is 14.4. The molecule has 0 radical (unpaired) electrons. The average Bonchev–Trinajstić information content (AvgIpc) is 2.73. The molecule has 0 aromatic heterocycles. The highest BCUT2D eigenvalue weighted by Gasteiger charge is 2.07. The van der Waals surface area contributed by atoms with Crippen molar-refractivity contribution in [2.45, 2.75) is 39.5 Å². The van der Waals surface area contributed by atoms with E-state index in [0.717, 1.165) is 28.7 Å². The van der Waals surface area contributed by atoms with Gasteiger partial charge >= 0.3 is 0 Å². The predicted molar refractivity (Wildman–Crippen MR) is 122 cm³/mol. The molecule has 1 heteroatoms. The van der Waals surface area contributed by atoms with E-state index in [1.54, 1.807) is 6.08 Å². The van der Waals surface area contributed by atoms with Crippen molar-refractivity contribution in [1.82, 2.24) is 0 Å². The van der Waals surface area contributed by atoms with Gasteiger partial charge in [0.25, 0.3) is 0 Å². The fourth-order valence-electron chi connectivity index (χ4n) is 3.39. The summed E-state index contributed by atoms with van der Waals surface area (Å²) in [7, 11) is 0. The molecule has 0 saturated heterocycles. The molecular weight excluding hydrogens is 355 g/mol. The van der Waals surface area contributed by atoms with Gasteiger partial charge < -0.3 is 0 Å². The molecule has 0 aliphatic rings. The van der Waals surface area contributed by atoms with Gasteiger partial charge in [0, 0.05) is 5.56 Å². The minimum atomic E-state index is -0.271. The number of rotatable bonds is 5. The van der Waals surface area contributed by atoms with E-state index in [-0.39, 0.29) is 5.82 Å². The minimum absolute atomic E-state index is 0.271. The lowest BCUT2D eigenvalue weighted by Gasteiger charge is -2.10. The molecule has 29 heavy (non-hydrogen) atoms. The Labute approximate surface area is 174 Å². The van der Waals surface area contributed by atoms with Crippen LogP contribution < -0.4 is 0 Å². The van der Waals surface area contributed by atoms with Gasteiger partial charge in [0.1, 0.15) is 5.82 Å². The number of benzene rings is 3. The summed E-state index contributed by atoms with van der Waals surface area (Å²) in [6.07, 6.45) is 3.53. The van der Waals surface area contributed by atoms with Crippen LogP contribution in [0.15, 0.2) is 73.3 Å². The van der Waals surface area contributed by atoms with Gasteiger partial charge in [0.2, 0.25) is 0 Å². The largest absolute Gasteiger partial charge is 0.206 e. The number of halogens is 1. The fourth-order valence-corrected chi connectivity index (χ4v) is 3.39. The zero-order valence-corrected chi connectivity index (χ0v) is 17.4.